The summed E-state index contributed by atoms with van der Waals surface area (Å²) in [4.78, 5) is 15.3. The summed E-state index contributed by atoms with van der Waals surface area (Å²) in [5.74, 6) is -1.69. The number of nitrogens with zero attached hydrogens (tertiary/aromatic N) is 3. The molecule has 140 valence electrons. The molecule has 0 spiro atoms. The maximum atomic E-state index is 11.1. The fraction of sp³-hybridized carbons (Fsp3) is 0.136. The van der Waals surface area contributed by atoms with Crippen molar-refractivity contribution in [2.24, 2.45) is 0 Å². The molecule has 0 saturated carbocycles. The molecule has 6 nitrogen and oxygen atoms in total. The zero-order chi connectivity index (χ0) is 19.9. The normalized spacial score (nSPS) is 11.6. The molecule has 0 fully saturated rings. The highest BCUT2D eigenvalue weighted by atomic mass is 16.4. The highest BCUT2D eigenvalue weighted by Crippen LogP contribution is 2.33. The first-order valence-corrected chi connectivity index (χ1v) is 8.85. The summed E-state index contributed by atoms with van der Waals surface area (Å²) < 4.78 is 1.14. The van der Waals surface area contributed by atoms with Crippen LogP contribution in [0, 0.1) is 0 Å². The number of benzene rings is 2. The van der Waals surface area contributed by atoms with Gasteiger partial charge in [0.05, 0.1) is 6.20 Å². The summed E-state index contributed by atoms with van der Waals surface area (Å²) in [6.07, 6.45) is 2.72. The summed E-state index contributed by atoms with van der Waals surface area (Å²) in [7, 11) is 0. The first-order chi connectivity index (χ1) is 13.4. The van der Waals surface area contributed by atoms with Gasteiger partial charge in [-0.3, -0.25) is 0 Å². The van der Waals surface area contributed by atoms with Crippen LogP contribution in [0.15, 0.2) is 67.0 Å². The number of aromatic nitrogens is 3. The third-order valence-electron chi connectivity index (χ3n) is 5.14. The topological polar surface area (TPSA) is 87.7 Å². The third kappa shape index (κ3) is 2.79. The highest BCUT2D eigenvalue weighted by Gasteiger charge is 2.23. The smallest absolute Gasteiger partial charge is 0.342 e. The van der Waals surface area contributed by atoms with E-state index in [0.717, 1.165) is 21.8 Å². The van der Waals surface area contributed by atoms with Gasteiger partial charge >= 0.3 is 5.97 Å². The second kappa shape index (κ2) is 6.49. The molecule has 28 heavy (non-hydrogen) atoms. The Labute approximate surface area is 161 Å². The molecule has 2 heterocycles. The van der Waals surface area contributed by atoms with E-state index in [4.69, 9.17) is 5.11 Å². The first kappa shape index (κ1) is 17.7. The first-order valence-electron chi connectivity index (χ1n) is 8.85. The summed E-state index contributed by atoms with van der Waals surface area (Å²) >= 11 is 0. The Morgan fingerprint density at radius 1 is 0.964 bits per heavy atom. The van der Waals surface area contributed by atoms with Crippen molar-refractivity contribution in [2.45, 2.75) is 19.3 Å². The van der Waals surface area contributed by atoms with Crippen molar-refractivity contribution in [1.29, 1.82) is 0 Å². The number of aromatic carboxylic acids is 1. The lowest BCUT2D eigenvalue weighted by molar-refractivity contribution is 0.0692. The van der Waals surface area contributed by atoms with E-state index >= 15 is 0 Å². The van der Waals surface area contributed by atoms with Crippen molar-refractivity contribution in [1.82, 2.24) is 14.6 Å². The van der Waals surface area contributed by atoms with Gasteiger partial charge in [0.15, 0.2) is 5.65 Å². The predicted octanol–water partition coefficient (Wildman–Crippen LogP) is 4.13. The Balaban J connectivity index is 1.74. The summed E-state index contributed by atoms with van der Waals surface area (Å²) in [6.45, 7) is 4.36. The van der Waals surface area contributed by atoms with Crippen LogP contribution < -0.4 is 0 Å². The quantitative estimate of drug-likeness (QED) is 0.562. The lowest BCUT2D eigenvalue weighted by Crippen LogP contribution is -2.18. The van der Waals surface area contributed by atoms with Gasteiger partial charge in [0.1, 0.15) is 5.56 Å². The van der Waals surface area contributed by atoms with E-state index in [2.05, 4.69) is 48.2 Å². The van der Waals surface area contributed by atoms with E-state index in [-0.39, 0.29) is 11.0 Å². The number of hydrogen-bond donors (Lipinski definition) is 2. The van der Waals surface area contributed by atoms with E-state index in [9.17, 15) is 9.90 Å². The summed E-state index contributed by atoms with van der Waals surface area (Å²) in [5, 5.41) is 23.3. The van der Waals surface area contributed by atoms with Gasteiger partial charge in [0.2, 0.25) is 5.88 Å². The van der Waals surface area contributed by atoms with Crippen LogP contribution >= 0.6 is 0 Å². The molecule has 0 aliphatic rings. The molecule has 0 atom stereocenters. The van der Waals surface area contributed by atoms with Crippen LogP contribution in [0.25, 0.3) is 16.8 Å². The van der Waals surface area contributed by atoms with E-state index in [1.165, 1.54) is 11.1 Å². The number of fused-ring (bicyclic) bond motifs is 1. The molecule has 0 aliphatic carbocycles. The van der Waals surface area contributed by atoms with Crippen molar-refractivity contribution >= 4 is 11.6 Å². The molecule has 0 amide bonds. The van der Waals surface area contributed by atoms with Crippen LogP contribution in [0.4, 0.5) is 0 Å². The SMILES string of the molecule is CC(C)(c1ccccc1)c1ccc(-c2cnn3c(O)c(C(=O)O)cnc23)cc1. The molecule has 2 N–H and O–H groups in total. The van der Waals surface area contributed by atoms with Crippen molar-refractivity contribution in [3.63, 3.8) is 0 Å². The van der Waals surface area contributed by atoms with Crippen molar-refractivity contribution < 1.29 is 15.0 Å². The fourth-order valence-electron chi connectivity index (χ4n) is 3.36. The van der Waals surface area contributed by atoms with Crippen molar-refractivity contribution in [3.8, 4) is 17.0 Å². The zero-order valence-electron chi connectivity index (χ0n) is 15.5. The Morgan fingerprint density at radius 3 is 2.25 bits per heavy atom. The molecule has 4 rings (SSSR count). The minimum Gasteiger partial charge on any atom is -0.493 e. The maximum absolute atomic E-state index is 11.1. The average molecular weight is 373 g/mol. The number of hydrogen-bond acceptors (Lipinski definition) is 4. The molecule has 0 radical (unpaired) electrons. The minimum atomic E-state index is -1.25. The highest BCUT2D eigenvalue weighted by molar-refractivity contribution is 5.90. The van der Waals surface area contributed by atoms with Crippen LogP contribution in [0.5, 0.6) is 5.88 Å². The second-order valence-electron chi connectivity index (χ2n) is 7.16. The molecular formula is C22H19N3O3. The number of carboxylic acid groups (broad SMARTS) is 1. The monoisotopic (exact) mass is 373 g/mol. The van der Waals surface area contributed by atoms with E-state index < -0.39 is 11.8 Å². The van der Waals surface area contributed by atoms with Crippen LogP contribution in [0.3, 0.4) is 0 Å². The van der Waals surface area contributed by atoms with Gasteiger partial charge in [-0.1, -0.05) is 68.4 Å². The second-order valence-corrected chi connectivity index (χ2v) is 7.16. The minimum absolute atomic E-state index is 0.145. The summed E-state index contributed by atoms with van der Waals surface area (Å²) in [5.41, 5.74) is 3.97. The molecule has 0 bridgehead atoms. The Bertz CT molecular complexity index is 1160. The Kier molecular flexibility index (Phi) is 4.11. The van der Waals surface area contributed by atoms with E-state index in [0.29, 0.717) is 5.65 Å². The molecule has 0 saturated heterocycles. The summed E-state index contributed by atoms with van der Waals surface area (Å²) in [6, 6.07) is 18.4. The van der Waals surface area contributed by atoms with E-state index in [1.807, 2.05) is 30.3 Å². The van der Waals surface area contributed by atoms with Gasteiger partial charge in [-0.05, 0) is 16.7 Å². The van der Waals surface area contributed by atoms with Gasteiger partial charge in [-0.2, -0.15) is 9.61 Å². The van der Waals surface area contributed by atoms with Crippen LogP contribution in [-0.4, -0.2) is 30.8 Å². The van der Waals surface area contributed by atoms with E-state index in [1.54, 1.807) is 6.20 Å². The number of rotatable bonds is 4. The lowest BCUT2D eigenvalue weighted by atomic mass is 9.78. The standard InChI is InChI=1S/C22H19N3O3/c1-22(2,15-6-4-3-5-7-15)16-10-8-14(9-11-16)17-13-24-25-19(17)23-12-18(20(25)26)21(27)28/h3-13,26H,1-2H3,(H,27,28). The van der Waals surface area contributed by atoms with Crippen LogP contribution in [0.1, 0.15) is 35.3 Å². The molecule has 6 heteroatoms. The average Bonchev–Trinajstić information content (AvgIpc) is 3.14. The largest absolute Gasteiger partial charge is 0.493 e. The molecule has 0 aliphatic heterocycles. The maximum Gasteiger partial charge on any atom is 0.342 e. The molecular weight excluding hydrogens is 354 g/mol. The van der Waals surface area contributed by atoms with Crippen molar-refractivity contribution in [3.05, 3.63) is 83.7 Å². The van der Waals surface area contributed by atoms with Gasteiger partial charge in [-0.25, -0.2) is 9.78 Å². The predicted molar refractivity (Wildman–Crippen MR) is 106 cm³/mol. The Morgan fingerprint density at radius 2 is 1.61 bits per heavy atom. The van der Waals surface area contributed by atoms with Gasteiger partial charge in [0.25, 0.3) is 0 Å². The van der Waals surface area contributed by atoms with Crippen molar-refractivity contribution in [2.75, 3.05) is 0 Å². The van der Waals surface area contributed by atoms with Gasteiger partial charge in [-0.15, -0.1) is 0 Å². The molecule has 4 aromatic rings. The Hall–Kier alpha value is -3.67. The molecule has 0 unspecified atom stereocenters. The molecule has 2 aromatic carbocycles. The third-order valence-corrected chi connectivity index (χ3v) is 5.14. The number of aromatic hydroxyl groups is 1. The van der Waals surface area contributed by atoms with Gasteiger partial charge < -0.3 is 10.2 Å². The molecule has 2 aromatic heterocycles. The lowest BCUT2D eigenvalue weighted by Gasteiger charge is -2.26. The zero-order valence-corrected chi connectivity index (χ0v) is 15.5. The van der Waals surface area contributed by atoms with Crippen LogP contribution in [0.2, 0.25) is 0 Å². The fourth-order valence-corrected chi connectivity index (χ4v) is 3.36. The number of carbonyl (C=O) groups is 1. The van der Waals surface area contributed by atoms with Crippen LogP contribution in [-0.2, 0) is 5.41 Å². The van der Waals surface area contributed by atoms with Gasteiger partial charge in [0, 0.05) is 17.2 Å². The number of carboxylic acids is 1.